The van der Waals surface area contributed by atoms with Crippen LogP contribution in [-0.4, -0.2) is 11.1 Å². The van der Waals surface area contributed by atoms with Crippen molar-refractivity contribution in [1.29, 1.82) is 0 Å². The van der Waals surface area contributed by atoms with Crippen LogP contribution in [0.15, 0.2) is 46.9 Å². The molecular weight excluding hydrogens is 349 g/mol. The van der Waals surface area contributed by atoms with Crippen molar-refractivity contribution in [2.45, 2.75) is 6.04 Å². The Morgan fingerprint density at radius 3 is 2.45 bits per heavy atom. The number of aliphatic carboxylic acids is 1. The smallest absolute Gasteiger partial charge is 0.330 e. The molecule has 0 amide bonds. The van der Waals surface area contributed by atoms with Crippen molar-refractivity contribution >= 4 is 39.2 Å². The van der Waals surface area contributed by atoms with E-state index in [2.05, 4.69) is 21.2 Å². The first-order chi connectivity index (χ1) is 9.47. The van der Waals surface area contributed by atoms with Gasteiger partial charge in [0.15, 0.2) is 6.04 Å². The molecular formula is C14H10BrClFNO2. The highest BCUT2D eigenvalue weighted by Crippen LogP contribution is 2.28. The Balaban J connectivity index is 2.29. The van der Waals surface area contributed by atoms with E-state index >= 15 is 0 Å². The molecule has 1 atom stereocenters. The third-order valence-corrected chi connectivity index (χ3v) is 3.89. The molecule has 1 unspecified atom stereocenters. The van der Waals surface area contributed by atoms with Gasteiger partial charge in [0.25, 0.3) is 0 Å². The van der Waals surface area contributed by atoms with Gasteiger partial charge in [0.05, 0.1) is 5.02 Å². The lowest BCUT2D eigenvalue weighted by atomic mass is 10.1. The maximum atomic E-state index is 12.8. The zero-order valence-corrected chi connectivity index (χ0v) is 12.5. The van der Waals surface area contributed by atoms with Gasteiger partial charge in [-0.15, -0.1) is 0 Å². The van der Waals surface area contributed by atoms with Gasteiger partial charge < -0.3 is 10.4 Å². The summed E-state index contributed by atoms with van der Waals surface area (Å²) in [4.78, 5) is 11.4. The van der Waals surface area contributed by atoms with E-state index in [-0.39, 0.29) is 5.82 Å². The summed E-state index contributed by atoms with van der Waals surface area (Å²) in [5.41, 5.74) is 1.06. The minimum absolute atomic E-state index is 0.378. The number of halogens is 3. The number of carboxylic acid groups (broad SMARTS) is 1. The minimum atomic E-state index is -1.04. The van der Waals surface area contributed by atoms with Gasteiger partial charge in [0.2, 0.25) is 0 Å². The van der Waals surface area contributed by atoms with E-state index in [9.17, 15) is 14.3 Å². The zero-order chi connectivity index (χ0) is 14.7. The molecule has 0 aliphatic heterocycles. The first-order valence-corrected chi connectivity index (χ1v) is 6.84. The van der Waals surface area contributed by atoms with Crippen molar-refractivity contribution in [3.05, 3.63) is 63.3 Å². The summed E-state index contributed by atoms with van der Waals surface area (Å²) < 4.78 is 13.5. The Bertz CT molecular complexity index is 634. The molecule has 0 bridgehead atoms. The van der Waals surface area contributed by atoms with Crippen LogP contribution in [0.25, 0.3) is 0 Å². The Kier molecular flexibility index (Phi) is 4.62. The molecule has 0 saturated heterocycles. The standard InChI is InChI=1S/C14H10BrClFNO2/c15-11-7-8(1-6-12(11)16)13(14(19)20)18-10-4-2-9(17)3-5-10/h1-7,13,18H,(H,19,20). The van der Waals surface area contributed by atoms with Crippen LogP contribution in [0.4, 0.5) is 10.1 Å². The summed E-state index contributed by atoms with van der Waals surface area (Å²) in [5.74, 6) is -1.42. The Morgan fingerprint density at radius 2 is 1.90 bits per heavy atom. The molecule has 20 heavy (non-hydrogen) atoms. The van der Waals surface area contributed by atoms with Gasteiger partial charge in [0, 0.05) is 10.2 Å². The first-order valence-electron chi connectivity index (χ1n) is 5.67. The number of nitrogens with one attached hydrogen (secondary N) is 1. The molecule has 2 aromatic rings. The lowest BCUT2D eigenvalue weighted by molar-refractivity contribution is -0.138. The van der Waals surface area contributed by atoms with Crippen LogP contribution in [0.1, 0.15) is 11.6 Å². The molecule has 2 N–H and O–H groups in total. The minimum Gasteiger partial charge on any atom is -0.479 e. The summed E-state index contributed by atoms with van der Waals surface area (Å²) >= 11 is 9.14. The molecule has 3 nitrogen and oxygen atoms in total. The van der Waals surface area contributed by atoms with Gasteiger partial charge in [-0.3, -0.25) is 0 Å². The third kappa shape index (κ3) is 3.49. The normalized spacial score (nSPS) is 11.9. The molecule has 0 saturated carbocycles. The van der Waals surface area contributed by atoms with E-state index in [0.717, 1.165) is 0 Å². The van der Waals surface area contributed by atoms with Gasteiger partial charge in [-0.2, -0.15) is 0 Å². The molecule has 0 radical (unpaired) electrons. The maximum absolute atomic E-state index is 12.8. The molecule has 0 aliphatic rings. The molecule has 0 aromatic heterocycles. The molecule has 104 valence electrons. The fourth-order valence-corrected chi connectivity index (χ4v) is 2.21. The quantitative estimate of drug-likeness (QED) is 0.847. The van der Waals surface area contributed by atoms with Crippen molar-refractivity contribution in [3.63, 3.8) is 0 Å². The number of carboxylic acids is 1. The first kappa shape index (κ1) is 14.8. The monoisotopic (exact) mass is 357 g/mol. The summed E-state index contributed by atoms with van der Waals surface area (Å²) in [6, 6.07) is 9.42. The van der Waals surface area contributed by atoms with Crippen LogP contribution >= 0.6 is 27.5 Å². The molecule has 0 heterocycles. The lowest BCUT2D eigenvalue weighted by Gasteiger charge is -2.16. The van der Waals surface area contributed by atoms with Crippen molar-refractivity contribution < 1.29 is 14.3 Å². The van der Waals surface area contributed by atoms with Gasteiger partial charge >= 0.3 is 5.97 Å². The van der Waals surface area contributed by atoms with E-state index in [1.165, 1.54) is 24.3 Å². The average molecular weight is 359 g/mol. The van der Waals surface area contributed by atoms with Gasteiger partial charge in [-0.05, 0) is 57.9 Å². The van der Waals surface area contributed by atoms with Crippen LogP contribution in [0.2, 0.25) is 5.02 Å². The number of hydrogen-bond donors (Lipinski definition) is 2. The fraction of sp³-hybridized carbons (Fsp3) is 0.0714. The average Bonchev–Trinajstić information content (AvgIpc) is 2.41. The summed E-state index contributed by atoms with van der Waals surface area (Å²) in [5, 5.41) is 12.7. The highest BCUT2D eigenvalue weighted by Gasteiger charge is 2.20. The second kappa shape index (κ2) is 6.24. The van der Waals surface area contributed by atoms with Crippen molar-refractivity contribution in [1.82, 2.24) is 0 Å². The van der Waals surface area contributed by atoms with Crippen LogP contribution in [-0.2, 0) is 4.79 Å². The maximum Gasteiger partial charge on any atom is 0.330 e. The van der Waals surface area contributed by atoms with Crippen LogP contribution in [0, 0.1) is 5.82 Å². The second-order valence-corrected chi connectivity index (χ2v) is 5.36. The Hall–Kier alpha value is -1.59. The van der Waals surface area contributed by atoms with Gasteiger partial charge in [-0.25, -0.2) is 9.18 Å². The predicted octanol–water partition coefficient (Wildman–Crippen LogP) is 4.48. The molecule has 0 fully saturated rings. The van der Waals surface area contributed by atoms with Crippen LogP contribution < -0.4 is 5.32 Å². The zero-order valence-electron chi connectivity index (χ0n) is 10.1. The molecule has 0 spiro atoms. The SMILES string of the molecule is O=C(O)C(Nc1ccc(F)cc1)c1ccc(Cl)c(Br)c1. The fourth-order valence-electron chi connectivity index (χ4n) is 1.69. The predicted molar refractivity (Wildman–Crippen MR) is 79.6 cm³/mol. The van der Waals surface area contributed by atoms with Crippen molar-refractivity contribution in [2.24, 2.45) is 0 Å². The second-order valence-electron chi connectivity index (χ2n) is 4.10. The number of carbonyl (C=O) groups is 1. The summed E-state index contributed by atoms with van der Waals surface area (Å²) in [6.45, 7) is 0. The number of rotatable bonds is 4. The largest absolute Gasteiger partial charge is 0.479 e. The van der Waals surface area contributed by atoms with Gasteiger partial charge in [-0.1, -0.05) is 17.7 Å². The van der Waals surface area contributed by atoms with E-state index < -0.39 is 12.0 Å². The number of anilines is 1. The van der Waals surface area contributed by atoms with Crippen molar-refractivity contribution in [3.8, 4) is 0 Å². The number of benzene rings is 2. The molecule has 6 heteroatoms. The van der Waals surface area contributed by atoms with Crippen molar-refractivity contribution in [2.75, 3.05) is 5.32 Å². The van der Waals surface area contributed by atoms with Crippen LogP contribution in [0.5, 0.6) is 0 Å². The molecule has 2 aromatic carbocycles. The highest BCUT2D eigenvalue weighted by molar-refractivity contribution is 9.10. The topological polar surface area (TPSA) is 49.3 Å². The Morgan fingerprint density at radius 1 is 1.25 bits per heavy atom. The highest BCUT2D eigenvalue weighted by atomic mass is 79.9. The summed E-state index contributed by atoms with van der Waals surface area (Å²) in [6.07, 6.45) is 0. The third-order valence-electron chi connectivity index (χ3n) is 2.68. The lowest BCUT2D eigenvalue weighted by Crippen LogP contribution is -2.20. The van der Waals surface area contributed by atoms with E-state index in [0.29, 0.717) is 20.7 Å². The molecule has 2 rings (SSSR count). The van der Waals surface area contributed by atoms with Gasteiger partial charge in [0.1, 0.15) is 5.82 Å². The van der Waals surface area contributed by atoms with E-state index in [1.807, 2.05) is 0 Å². The summed E-state index contributed by atoms with van der Waals surface area (Å²) in [7, 11) is 0. The van der Waals surface area contributed by atoms with E-state index in [4.69, 9.17) is 11.6 Å². The number of hydrogen-bond acceptors (Lipinski definition) is 2. The molecule has 0 aliphatic carbocycles. The Labute approximate surface area is 128 Å². The van der Waals surface area contributed by atoms with E-state index in [1.54, 1.807) is 18.2 Å². The van der Waals surface area contributed by atoms with Crippen LogP contribution in [0.3, 0.4) is 0 Å².